The third-order valence-electron chi connectivity index (χ3n) is 2.11. The minimum absolute atomic E-state index is 0.210. The molecule has 1 heterocycles. The Morgan fingerprint density at radius 3 is 3.00 bits per heavy atom. The van der Waals surface area contributed by atoms with Gasteiger partial charge in [0.2, 0.25) is 0 Å². The van der Waals surface area contributed by atoms with E-state index in [9.17, 15) is 4.79 Å². The maximum absolute atomic E-state index is 10.7. The summed E-state index contributed by atoms with van der Waals surface area (Å²) < 4.78 is 9.78. The van der Waals surface area contributed by atoms with E-state index in [-0.39, 0.29) is 12.1 Å². The summed E-state index contributed by atoms with van der Waals surface area (Å²) in [5.74, 6) is -0.348. The Hall–Kier alpha value is -1.03. The van der Waals surface area contributed by atoms with Crippen LogP contribution in [-0.2, 0) is 14.3 Å². The van der Waals surface area contributed by atoms with Crippen LogP contribution >= 0.6 is 0 Å². The zero-order valence-corrected chi connectivity index (χ0v) is 7.95. The molecule has 0 aromatic heterocycles. The summed E-state index contributed by atoms with van der Waals surface area (Å²) in [5.41, 5.74) is 0. The van der Waals surface area contributed by atoms with Crippen LogP contribution < -0.4 is 5.32 Å². The molecule has 0 radical (unpaired) electrons. The van der Waals surface area contributed by atoms with Crippen LogP contribution in [-0.4, -0.2) is 31.8 Å². The molecule has 1 aliphatic heterocycles. The number of ether oxygens (including phenoxy) is 2. The van der Waals surface area contributed by atoms with Gasteiger partial charge in [0.05, 0.1) is 19.3 Å². The summed E-state index contributed by atoms with van der Waals surface area (Å²) in [4.78, 5) is 10.7. The zero-order valence-electron chi connectivity index (χ0n) is 7.95. The first kappa shape index (κ1) is 10.1. The fourth-order valence-corrected chi connectivity index (χ4v) is 1.26. The van der Waals surface area contributed by atoms with Gasteiger partial charge in [0.25, 0.3) is 0 Å². The Morgan fingerprint density at radius 2 is 2.46 bits per heavy atom. The van der Waals surface area contributed by atoms with Gasteiger partial charge >= 0.3 is 5.97 Å². The van der Waals surface area contributed by atoms with Crippen molar-refractivity contribution in [1.82, 2.24) is 5.32 Å². The molecule has 0 aromatic carbocycles. The predicted molar refractivity (Wildman–Crippen MR) is 48.1 cm³/mol. The average molecular weight is 185 g/mol. The minimum atomic E-state index is -0.348. The van der Waals surface area contributed by atoms with Gasteiger partial charge in [-0.1, -0.05) is 0 Å². The number of hydrogen-bond acceptors (Lipinski definition) is 4. The largest absolute Gasteiger partial charge is 0.466 e. The first-order chi connectivity index (χ1) is 6.24. The quantitative estimate of drug-likeness (QED) is 0.512. The van der Waals surface area contributed by atoms with Gasteiger partial charge in [-0.3, -0.25) is 0 Å². The monoisotopic (exact) mass is 185 g/mol. The molecule has 0 aromatic rings. The van der Waals surface area contributed by atoms with Gasteiger partial charge in [0.1, 0.15) is 0 Å². The van der Waals surface area contributed by atoms with E-state index in [0.29, 0.717) is 6.04 Å². The highest BCUT2D eigenvalue weighted by molar-refractivity contribution is 5.81. The lowest BCUT2D eigenvalue weighted by Crippen LogP contribution is -2.30. The van der Waals surface area contributed by atoms with Gasteiger partial charge in [-0.2, -0.15) is 0 Å². The fraction of sp³-hybridized carbons (Fsp3) is 0.667. The van der Waals surface area contributed by atoms with E-state index in [1.165, 1.54) is 13.2 Å². The molecule has 0 aliphatic carbocycles. The highest BCUT2D eigenvalue weighted by Crippen LogP contribution is 2.11. The van der Waals surface area contributed by atoms with Gasteiger partial charge in [-0.25, -0.2) is 4.79 Å². The molecule has 0 spiro atoms. The molecule has 2 unspecified atom stereocenters. The van der Waals surface area contributed by atoms with Crippen LogP contribution in [0.15, 0.2) is 12.3 Å². The molecule has 0 bridgehead atoms. The number of methoxy groups -OCH3 is 1. The highest BCUT2D eigenvalue weighted by atomic mass is 16.5. The number of esters is 1. The maximum Gasteiger partial charge on any atom is 0.331 e. The third kappa shape index (κ3) is 3.06. The molecule has 0 amide bonds. The summed E-state index contributed by atoms with van der Waals surface area (Å²) in [6.07, 6.45) is 4.17. The first-order valence-electron chi connectivity index (χ1n) is 4.36. The van der Waals surface area contributed by atoms with Crippen LogP contribution in [0.2, 0.25) is 0 Å². The molecule has 1 aliphatic rings. The van der Waals surface area contributed by atoms with E-state index in [0.717, 1.165) is 13.0 Å². The lowest BCUT2D eigenvalue weighted by Gasteiger charge is -2.13. The number of nitrogens with one attached hydrogen (secondary N) is 1. The van der Waals surface area contributed by atoms with Gasteiger partial charge in [-0.15, -0.1) is 0 Å². The van der Waals surface area contributed by atoms with Crippen LogP contribution in [0.4, 0.5) is 0 Å². The van der Waals surface area contributed by atoms with Crippen LogP contribution in [0.3, 0.4) is 0 Å². The zero-order chi connectivity index (χ0) is 9.68. The molecule has 1 rings (SSSR count). The van der Waals surface area contributed by atoms with Crippen LogP contribution in [0.1, 0.15) is 13.3 Å². The van der Waals surface area contributed by atoms with E-state index in [4.69, 9.17) is 4.74 Å². The summed E-state index contributed by atoms with van der Waals surface area (Å²) in [7, 11) is 1.36. The van der Waals surface area contributed by atoms with E-state index >= 15 is 0 Å². The Balaban J connectivity index is 2.25. The van der Waals surface area contributed by atoms with Gasteiger partial charge in [0.15, 0.2) is 0 Å². The molecule has 1 N–H and O–H groups in total. The maximum atomic E-state index is 10.7. The normalized spacial score (nSPS) is 27.8. The van der Waals surface area contributed by atoms with Crippen LogP contribution in [0, 0.1) is 0 Å². The summed E-state index contributed by atoms with van der Waals surface area (Å²) in [6, 6.07) is 0.306. The first-order valence-corrected chi connectivity index (χ1v) is 4.36. The SMILES string of the molecule is COC(=O)/C=C/NC1CCOC1C. The van der Waals surface area contributed by atoms with Crippen LogP contribution in [0.25, 0.3) is 0 Å². The molecule has 0 saturated carbocycles. The van der Waals surface area contributed by atoms with Crippen molar-refractivity contribution in [3.8, 4) is 0 Å². The van der Waals surface area contributed by atoms with Gasteiger partial charge < -0.3 is 14.8 Å². The van der Waals surface area contributed by atoms with E-state index in [1.54, 1.807) is 6.20 Å². The standard InChI is InChI=1S/C9H15NO3/c1-7-8(4-6-13-7)10-5-3-9(11)12-2/h3,5,7-8,10H,4,6H2,1-2H3/b5-3+. The number of rotatable bonds is 3. The predicted octanol–water partition coefficient (Wildman–Crippen LogP) is 0.440. The van der Waals surface area contributed by atoms with Crippen LogP contribution in [0.5, 0.6) is 0 Å². The summed E-state index contributed by atoms with van der Waals surface area (Å²) >= 11 is 0. The fourth-order valence-electron chi connectivity index (χ4n) is 1.26. The van der Waals surface area contributed by atoms with E-state index < -0.39 is 0 Å². The van der Waals surface area contributed by atoms with Crippen molar-refractivity contribution in [2.45, 2.75) is 25.5 Å². The smallest absolute Gasteiger partial charge is 0.331 e. The second-order valence-electron chi connectivity index (χ2n) is 2.99. The second kappa shape index (κ2) is 4.87. The van der Waals surface area contributed by atoms with Crippen molar-refractivity contribution in [3.05, 3.63) is 12.3 Å². The summed E-state index contributed by atoms with van der Waals surface area (Å²) in [6.45, 7) is 2.79. The molecule has 1 saturated heterocycles. The Bertz CT molecular complexity index is 203. The molecule has 13 heavy (non-hydrogen) atoms. The van der Waals surface area contributed by atoms with Crippen molar-refractivity contribution in [2.24, 2.45) is 0 Å². The lowest BCUT2D eigenvalue weighted by atomic mass is 10.2. The topological polar surface area (TPSA) is 47.6 Å². The number of carbonyl (C=O) groups excluding carboxylic acids is 1. The van der Waals surface area contributed by atoms with Crippen molar-refractivity contribution >= 4 is 5.97 Å². The highest BCUT2D eigenvalue weighted by Gasteiger charge is 2.22. The molecule has 1 fully saturated rings. The van der Waals surface area contributed by atoms with E-state index in [1.807, 2.05) is 6.92 Å². The molecule has 4 nitrogen and oxygen atoms in total. The van der Waals surface area contributed by atoms with Gasteiger partial charge in [0, 0.05) is 18.9 Å². The summed E-state index contributed by atoms with van der Waals surface area (Å²) in [5, 5.41) is 3.09. The third-order valence-corrected chi connectivity index (χ3v) is 2.11. The number of carbonyl (C=O) groups is 1. The lowest BCUT2D eigenvalue weighted by molar-refractivity contribution is -0.134. The molecule has 74 valence electrons. The van der Waals surface area contributed by atoms with E-state index in [2.05, 4.69) is 10.1 Å². The second-order valence-corrected chi connectivity index (χ2v) is 2.99. The van der Waals surface area contributed by atoms with Gasteiger partial charge in [-0.05, 0) is 13.3 Å². The number of hydrogen-bond donors (Lipinski definition) is 1. The van der Waals surface area contributed by atoms with Crippen molar-refractivity contribution in [3.63, 3.8) is 0 Å². The van der Waals surface area contributed by atoms with Crippen molar-refractivity contribution in [2.75, 3.05) is 13.7 Å². The van der Waals surface area contributed by atoms with Crippen molar-refractivity contribution in [1.29, 1.82) is 0 Å². The Morgan fingerprint density at radius 1 is 1.69 bits per heavy atom. The molecule has 2 atom stereocenters. The molecular weight excluding hydrogens is 170 g/mol. The molecule has 4 heteroatoms. The minimum Gasteiger partial charge on any atom is -0.466 e. The Kier molecular flexibility index (Phi) is 3.76. The Labute approximate surface area is 77.9 Å². The van der Waals surface area contributed by atoms with Crippen molar-refractivity contribution < 1.29 is 14.3 Å². The molecular formula is C9H15NO3. The average Bonchev–Trinajstić information content (AvgIpc) is 2.52.